The molecule has 0 aliphatic carbocycles. The minimum Gasteiger partial charge on any atom is -0.398 e. The van der Waals surface area contributed by atoms with Gasteiger partial charge in [-0.05, 0) is 57.0 Å². The highest BCUT2D eigenvalue weighted by atomic mass is 32.1. The normalized spacial score (nSPS) is 12.4. The summed E-state index contributed by atoms with van der Waals surface area (Å²) < 4.78 is 0. The first kappa shape index (κ1) is 13.0. The largest absolute Gasteiger partial charge is 0.398 e. The van der Waals surface area contributed by atoms with Crippen LogP contribution in [0.25, 0.3) is 0 Å². The van der Waals surface area contributed by atoms with Crippen LogP contribution >= 0.6 is 11.3 Å². The maximum Gasteiger partial charge on any atom is 0.0496 e. The summed E-state index contributed by atoms with van der Waals surface area (Å²) in [5.41, 5.74) is 10.3. The summed E-state index contributed by atoms with van der Waals surface area (Å²) in [6.07, 6.45) is 0. The molecule has 0 radical (unpaired) electrons. The summed E-state index contributed by atoms with van der Waals surface area (Å²) in [5.74, 6) is 0. The average Bonchev–Trinajstić information content (AvgIpc) is 2.63. The van der Waals surface area contributed by atoms with E-state index in [-0.39, 0.29) is 0 Å². The molecule has 3 N–H and O–H groups in total. The summed E-state index contributed by atoms with van der Waals surface area (Å²) in [7, 11) is 0. The van der Waals surface area contributed by atoms with Crippen LogP contribution in [0.2, 0.25) is 0 Å². The first-order chi connectivity index (χ1) is 8.47. The third-order valence-electron chi connectivity index (χ3n) is 3.21. The van der Waals surface area contributed by atoms with Crippen LogP contribution in [0.15, 0.2) is 24.3 Å². The van der Waals surface area contributed by atoms with Gasteiger partial charge in [0.1, 0.15) is 0 Å². The van der Waals surface area contributed by atoms with Gasteiger partial charge in [0.15, 0.2) is 0 Å². The smallest absolute Gasteiger partial charge is 0.0496 e. The van der Waals surface area contributed by atoms with Crippen molar-refractivity contribution in [3.05, 3.63) is 45.1 Å². The lowest BCUT2D eigenvalue weighted by Gasteiger charge is -2.16. The first-order valence-corrected chi connectivity index (χ1v) is 6.98. The second kappa shape index (κ2) is 5.02. The van der Waals surface area contributed by atoms with Gasteiger partial charge in [-0.3, -0.25) is 0 Å². The quantitative estimate of drug-likeness (QED) is 0.801. The number of nitrogens with two attached hydrogens (primary N) is 1. The number of hydrogen-bond donors (Lipinski definition) is 2. The fourth-order valence-corrected chi connectivity index (χ4v) is 3.16. The van der Waals surface area contributed by atoms with Gasteiger partial charge in [-0.25, -0.2) is 0 Å². The lowest BCUT2D eigenvalue weighted by Crippen LogP contribution is -2.07. The van der Waals surface area contributed by atoms with Crippen molar-refractivity contribution in [2.45, 2.75) is 33.7 Å². The molecule has 1 aromatic heterocycles. The van der Waals surface area contributed by atoms with E-state index in [1.807, 2.05) is 24.3 Å². The molecule has 0 saturated heterocycles. The number of benzene rings is 1. The predicted octanol–water partition coefficient (Wildman–Crippen LogP) is 4.43. The van der Waals surface area contributed by atoms with Crippen molar-refractivity contribution in [3.63, 3.8) is 0 Å². The van der Waals surface area contributed by atoms with Gasteiger partial charge in [0.25, 0.3) is 0 Å². The molecule has 1 atom stereocenters. The molecule has 0 aliphatic rings. The summed E-state index contributed by atoms with van der Waals surface area (Å²) in [5, 5.41) is 3.51. The Balaban J connectivity index is 2.18. The van der Waals surface area contributed by atoms with Crippen molar-refractivity contribution < 1.29 is 0 Å². The fourth-order valence-electron chi connectivity index (χ4n) is 2.14. The number of nitrogens with one attached hydrogen (secondary N) is 1. The van der Waals surface area contributed by atoms with Crippen LogP contribution in [0.1, 0.15) is 33.8 Å². The molecule has 1 unspecified atom stereocenters. The molecule has 0 spiro atoms. The lowest BCUT2D eigenvalue weighted by atomic mass is 10.1. The number of aryl methyl sites for hydroxylation is 3. The van der Waals surface area contributed by atoms with E-state index >= 15 is 0 Å². The first-order valence-electron chi connectivity index (χ1n) is 6.17. The van der Waals surface area contributed by atoms with Gasteiger partial charge in [0, 0.05) is 27.2 Å². The minimum atomic E-state index is 0.303. The van der Waals surface area contributed by atoms with Gasteiger partial charge in [0.05, 0.1) is 0 Å². The van der Waals surface area contributed by atoms with Gasteiger partial charge < -0.3 is 11.1 Å². The van der Waals surface area contributed by atoms with Gasteiger partial charge in [-0.1, -0.05) is 6.07 Å². The molecule has 1 aromatic carbocycles. The average molecular weight is 260 g/mol. The van der Waals surface area contributed by atoms with E-state index in [0.29, 0.717) is 6.04 Å². The van der Waals surface area contributed by atoms with Crippen LogP contribution in [0.4, 0.5) is 11.4 Å². The molecule has 18 heavy (non-hydrogen) atoms. The number of anilines is 2. The van der Waals surface area contributed by atoms with E-state index in [0.717, 1.165) is 16.9 Å². The van der Waals surface area contributed by atoms with E-state index < -0.39 is 0 Å². The molecular weight excluding hydrogens is 240 g/mol. The predicted molar refractivity (Wildman–Crippen MR) is 81.4 cm³/mol. The molecule has 2 nitrogen and oxygen atoms in total. The second-order valence-corrected chi connectivity index (χ2v) is 6.27. The van der Waals surface area contributed by atoms with E-state index in [2.05, 4.69) is 44.3 Å². The Morgan fingerprint density at radius 2 is 1.89 bits per heavy atom. The third-order valence-corrected chi connectivity index (χ3v) is 4.19. The van der Waals surface area contributed by atoms with Crippen molar-refractivity contribution in [2.75, 3.05) is 11.1 Å². The van der Waals surface area contributed by atoms with Crippen molar-refractivity contribution >= 4 is 22.7 Å². The van der Waals surface area contributed by atoms with Crippen LogP contribution in [0.5, 0.6) is 0 Å². The zero-order valence-electron chi connectivity index (χ0n) is 11.4. The number of rotatable bonds is 3. The van der Waals surface area contributed by atoms with Crippen molar-refractivity contribution in [1.82, 2.24) is 0 Å². The van der Waals surface area contributed by atoms with Gasteiger partial charge in [-0.15, -0.1) is 11.3 Å². The SMILES string of the molecule is Cc1cc(C(C)Nc2ccc(C)c(N)c2)c(C)s1. The maximum absolute atomic E-state index is 5.93. The lowest BCUT2D eigenvalue weighted by molar-refractivity contribution is 0.882. The molecule has 0 bridgehead atoms. The highest BCUT2D eigenvalue weighted by Crippen LogP contribution is 2.29. The van der Waals surface area contributed by atoms with Crippen LogP contribution in [-0.2, 0) is 0 Å². The third kappa shape index (κ3) is 2.67. The zero-order chi connectivity index (χ0) is 13.3. The van der Waals surface area contributed by atoms with Gasteiger partial charge >= 0.3 is 0 Å². The van der Waals surface area contributed by atoms with E-state index in [1.54, 1.807) is 0 Å². The summed E-state index contributed by atoms with van der Waals surface area (Å²) in [4.78, 5) is 2.74. The summed E-state index contributed by atoms with van der Waals surface area (Å²) in [6, 6.07) is 8.69. The van der Waals surface area contributed by atoms with Gasteiger partial charge in [0.2, 0.25) is 0 Å². The fraction of sp³-hybridized carbons (Fsp3) is 0.333. The Kier molecular flexibility index (Phi) is 3.62. The zero-order valence-corrected chi connectivity index (χ0v) is 12.2. The number of thiophene rings is 1. The van der Waals surface area contributed by atoms with Crippen molar-refractivity contribution in [2.24, 2.45) is 0 Å². The molecule has 96 valence electrons. The highest BCUT2D eigenvalue weighted by molar-refractivity contribution is 7.12. The Morgan fingerprint density at radius 1 is 1.17 bits per heavy atom. The molecule has 0 fully saturated rings. The summed E-state index contributed by atoms with van der Waals surface area (Å²) in [6.45, 7) is 8.53. The molecule has 1 heterocycles. The van der Waals surface area contributed by atoms with E-state index in [4.69, 9.17) is 5.73 Å². The molecule has 3 heteroatoms. The monoisotopic (exact) mass is 260 g/mol. The standard InChI is InChI=1S/C15H20N2S/c1-9-5-6-13(8-15(9)16)17-11(3)14-7-10(2)18-12(14)4/h5-8,11,17H,16H2,1-4H3. The second-order valence-electron chi connectivity index (χ2n) is 4.81. The topological polar surface area (TPSA) is 38.0 Å². The molecule has 0 aliphatic heterocycles. The van der Waals surface area contributed by atoms with E-state index in [1.165, 1.54) is 15.3 Å². The van der Waals surface area contributed by atoms with E-state index in [9.17, 15) is 0 Å². The van der Waals surface area contributed by atoms with Crippen molar-refractivity contribution in [3.8, 4) is 0 Å². The molecular formula is C15H20N2S. The Hall–Kier alpha value is -1.48. The van der Waals surface area contributed by atoms with Crippen LogP contribution < -0.4 is 11.1 Å². The Labute approximate surface area is 113 Å². The number of nitrogen functional groups attached to an aromatic ring is 1. The van der Waals surface area contributed by atoms with Crippen LogP contribution in [-0.4, -0.2) is 0 Å². The van der Waals surface area contributed by atoms with Gasteiger partial charge in [-0.2, -0.15) is 0 Å². The van der Waals surface area contributed by atoms with Crippen LogP contribution in [0.3, 0.4) is 0 Å². The Morgan fingerprint density at radius 3 is 2.44 bits per heavy atom. The number of hydrogen-bond acceptors (Lipinski definition) is 3. The minimum absolute atomic E-state index is 0.303. The summed E-state index contributed by atoms with van der Waals surface area (Å²) >= 11 is 1.85. The Bertz CT molecular complexity index is 558. The van der Waals surface area contributed by atoms with Crippen molar-refractivity contribution in [1.29, 1.82) is 0 Å². The molecule has 2 aromatic rings. The molecule has 0 saturated carbocycles. The highest BCUT2D eigenvalue weighted by Gasteiger charge is 2.11. The molecule has 2 rings (SSSR count). The van der Waals surface area contributed by atoms with Crippen LogP contribution in [0, 0.1) is 20.8 Å². The maximum atomic E-state index is 5.93. The molecule has 0 amide bonds.